The molecule has 0 aliphatic carbocycles. The molecule has 0 spiro atoms. The summed E-state index contributed by atoms with van der Waals surface area (Å²) in [5, 5.41) is 13.1. The Hall–Kier alpha value is -1.26. The summed E-state index contributed by atoms with van der Waals surface area (Å²) in [5.74, 6) is 0.941. The summed E-state index contributed by atoms with van der Waals surface area (Å²) in [5.41, 5.74) is 0.882. The standard InChI is InChI=1S/C12H17NO3/c1-15-11-3-2-9(12(14)6-11)7-13-10-4-5-16-8-10/h2-3,6,10,13-14H,4-5,7-8H2,1H3. The van der Waals surface area contributed by atoms with Gasteiger partial charge in [0.1, 0.15) is 11.5 Å². The molecule has 4 nitrogen and oxygen atoms in total. The van der Waals surface area contributed by atoms with Gasteiger partial charge in [0.2, 0.25) is 0 Å². The highest BCUT2D eigenvalue weighted by Gasteiger charge is 2.15. The van der Waals surface area contributed by atoms with Crippen LogP contribution in [0, 0.1) is 0 Å². The van der Waals surface area contributed by atoms with Crippen molar-refractivity contribution in [3.63, 3.8) is 0 Å². The minimum Gasteiger partial charge on any atom is -0.507 e. The molecule has 1 aromatic rings. The number of methoxy groups -OCH3 is 1. The van der Waals surface area contributed by atoms with E-state index in [0.29, 0.717) is 18.3 Å². The van der Waals surface area contributed by atoms with Gasteiger partial charge in [-0.15, -0.1) is 0 Å². The van der Waals surface area contributed by atoms with Gasteiger partial charge in [0.15, 0.2) is 0 Å². The van der Waals surface area contributed by atoms with E-state index in [0.717, 1.165) is 25.2 Å². The van der Waals surface area contributed by atoms with Gasteiger partial charge in [0.05, 0.1) is 13.7 Å². The highest BCUT2D eigenvalue weighted by Crippen LogP contribution is 2.23. The van der Waals surface area contributed by atoms with Crippen molar-refractivity contribution in [3.05, 3.63) is 23.8 Å². The molecule has 4 heteroatoms. The maximum atomic E-state index is 9.75. The number of nitrogens with one attached hydrogen (secondary N) is 1. The molecule has 0 amide bonds. The van der Waals surface area contributed by atoms with Gasteiger partial charge in [0.25, 0.3) is 0 Å². The highest BCUT2D eigenvalue weighted by molar-refractivity contribution is 5.39. The molecule has 0 radical (unpaired) electrons. The van der Waals surface area contributed by atoms with E-state index in [1.807, 2.05) is 12.1 Å². The average Bonchev–Trinajstić information content (AvgIpc) is 2.80. The fourth-order valence-corrected chi connectivity index (χ4v) is 1.77. The first-order valence-corrected chi connectivity index (χ1v) is 5.46. The molecule has 1 heterocycles. The van der Waals surface area contributed by atoms with Crippen molar-refractivity contribution in [2.75, 3.05) is 20.3 Å². The molecule has 1 fully saturated rings. The number of phenolic OH excluding ortho intramolecular Hbond substituents is 1. The van der Waals surface area contributed by atoms with E-state index in [1.54, 1.807) is 13.2 Å². The van der Waals surface area contributed by atoms with Gasteiger partial charge < -0.3 is 19.9 Å². The van der Waals surface area contributed by atoms with E-state index in [9.17, 15) is 5.11 Å². The molecule has 1 unspecified atom stereocenters. The molecule has 1 aliphatic heterocycles. The second-order valence-corrected chi connectivity index (χ2v) is 3.94. The zero-order chi connectivity index (χ0) is 11.4. The van der Waals surface area contributed by atoms with E-state index in [1.165, 1.54) is 0 Å². The van der Waals surface area contributed by atoms with Crippen molar-refractivity contribution in [3.8, 4) is 11.5 Å². The lowest BCUT2D eigenvalue weighted by molar-refractivity contribution is 0.189. The first-order chi connectivity index (χ1) is 7.79. The molecular weight excluding hydrogens is 206 g/mol. The lowest BCUT2D eigenvalue weighted by Gasteiger charge is -2.12. The SMILES string of the molecule is COc1ccc(CNC2CCOC2)c(O)c1. The van der Waals surface area contributed by atoms with Crippen LogP contribution < -0.4 is 10.1 Å². The average molecular weight is 223 g/mol. The Morgan fingerprint density at radius 3 is 3.06 bits per heavy atom. The van der Waals surface area contributed by atoms with Crippen LogP contribution in [0.5, 0.6) is 11.5 Å². The molecule has 0 saturated carbocycles. The number of hydrogen-bond donors (Lipinski definition) is 2. The van der Waals surface area contributed by atoms with Gasteiger partial charge >= 0.3 is 0 Å². The zero-order valence-electron chi connectivity index (χ0n) is 9.40. The number of benzene rings is 1. The number of aromatic hydroxyl groups is 1. The lowest BCUT2D eigenvalue weighted by atomic mass is 10.1. The summed E-state index contributed by atoms with van der Waals surface area (Å²) >= 11 is 0. The smallest absolute Gasteiger partial charge is 0.123 e. The van der Waals surface area contributed by atoms with Crippen molar-refractivity contribution >= 4 is 0 Å². The Kier molecular flexibility index (Phi) is 3.64. The summed E-state index contributed by atoms with van der Waals surface area (Å²) in [4.78, 5) is 0. The van der Waals surface area contributed by atoms with Gasteiger partial charge in [0, 0.05) is 30.8 Å². The van der Waals surface area contributed by atoms with Gasteiger partial charge in [-0.3, -0.25) is 0 Å². The minimum atomic E-state index is 0.269. The minimum absolute atomic E-state index is 0.269. The van der Waals surface area contributed by atoms with Crippen LogP contribution in [0.4, 0.5) is 0 Å². The third kappa shape index (κ3) is 2.65. The molecule has 88 valence electrons. The molecule has 1 atom stereocenters. The molecule has 2 N–H and O–H groups in total. The molecule has 1 aromatic carbocycles. The van der Waals surface area contributed by atoms with Crippen molar-refractivity contribution in [1.82, 2.24) is 5.32 Å². The predicted molar refractivity (Wildman–Crippen MR) is 60.7 cm³/mol. The number of hydrogen-bond acceptors (Lipinski definition) is 4. The van der Waals surface area contributed by atoms with Gasteiger partial charge in [-0.05, 0) is 12.5 Å². The van der Waals surface area contributed by atoms with E-state index < -0.39 is 0 Å². The summed E-state index contributed by atoms with van der Waals surface area (Å²) < 4.78 is 10.3. The third-order valence-corrected chi connectivity index (χ3v) is 2.80. The van der Waals surface area contributed by atoms with E-state index in [4.69, 9.17) is 9.47 Å². The van der Waals surface area contributed by atoms with Gasteiger partial charge in [-0.25, -0.2) is 0 Å². The Morgan fingerprint density at radius 2 is 2.44 bits per heavy atom. The van der Waals surface area contributed by atoms with Crippen LogP contribution in [0.2, 0.25) is 0 Å². The Balaban J connectivity index is 1.93. The fraction of sp³-hybridized carbons (Fsp3) is 0.500. The summed E-state index contributed by atoms with van der Waals surface area (Å²) in [7, 11) is 1.59. The van der Waals surface area contributed by atoms with Crippen molar-refractivity contribution in [2.45, 2.75) is 19.0 Å². The van der Waals surface area contributed by atoms with Gasteiger partial charge in [-0.1, -0.05) is 6.07 Å². The van der Waals surface area contributed by atoms with Crippen molar-refractivity contribution in [1.29, 1.82) is 0 Å². The van der Waals surface area contributed by atoms with Crippen molar-refractivity contribution in [2.24, 2.45) is 0 Å². The van der Waals surface area contributed by atoms with Crippen molar-refractivity contribution < 1.29 is 14.6 Å². The van der Waals surface area contributed by atoms with Crippen LogP contribution in [0.25, 0.3) is 0 Å². The van der Waals surface area contributed by atoms with E-state index in [2.05, 4.69) is 5.32 Å². The van der Waals surface area contributed by atoms with Crippen LogP contribution in [-0.4, -0.2) is 31.5 Å². The normalized spacial score (nSPS) is 19.9. The van der Waals surface area contributed by atoms with Crippen LogP contribution in [-0.2, 0) is 11.3 Å². The summed E-state index contributed by atoms with van der Waals surface area (Å²) in [6.45, 7) is 2.24. The molecular formula is C12H17NO3. The maximum Gasteiger partial charge on any atom is 0.123 e. The van der Waals surface area contributed by atoms with E-state index in [-0.39, 0.29) is 5.75 Å². The molecule has 1 aliphatic rings. The second-order valence-electron chi connectivity index (χ2n) is 3.94. The van der Waals surface area contributed by atoms with Gasteiger partial charge in [-0.2, -0.15) is 0 Å². The van der Waals surface area contributed by atoms with Crippen LogP contribution in [0.3, 0.4) is 0 Å². The Morgan fingerprint density at radius 1 is 1.56 bits per heavy atom. The predicted octanol–water partition coefficient (Wildman–Crippen LogP) is 1.28. The topological polar surface area (TPSA) is 50.7 Å². The highest BCUT2D eigenvalue weighted by atomic mass is 16.5. The molecule has 2 rings (SSSR count). The van der Waals surface area contributed by atoms with Crippen LogP contribution in [0.1, 0.15) is 12.0 Å². The lowest BCUT2D eigenvalue weighted by Crippen LogP contribution is -2.28. The molecule has 0 bridgehead atoms. The number of rotatable bonds is 4. The molecule has 1 saturated heterocycles. The summed E-state index contributed by atoms with van der Waals surface area (Å²) in [6.07, 6.45) is 1.04. The number of phenols is 1. The second kappa shape index (κ2) is 5.18. The monoisotopic (exact) mass is 223 g/mol. The first-order valence-electron chi connectivity index (χ1n) is 5.46. The Labute approximate surface area is 95.2 Å². The number of ether oxygens (including phenoxy) is 2. The molecule has 16 heavy (non-hydrogen) atoms. The van der Waals surface area contributed by atoms with Crippen LogP contribution >= 0.6 is 0 Å². The first kappa shape index (κ1) is 11.2. The largest absolute Gasteiger partial charge is 0.507 e. The quantitative estimate of drug-likeness (QED) is 0.807. The maximum absolute atomic E-state index is 9.75. The summed E-state index contributed by atoms with van der Waals surface area (Å²) in [6, 6.07) is 5.75. The van der Waals surface area contributed by atoms with E-state index >= 15 is 0 Å². The Bertz CT molecular complexity index is 348. The molecule has 0 aromatic heterocycles. The zero-order valence-corrected chi connectivity index (χ0v) is 9.40. The third-order valence-electron chi connectivity index (χ3n) is 2.80. The van der Waals surface area contributed by atoms with Crippen LogP contribution in [0.15, 0.2) is 18.2 Å². The fourth-order valence-electron chi connectivity index (χ4n) is 1.77.